The Bertz CT molecular complexity index is 995. The molecule has 156 valence electrons. The molecule has 2 aromatic rings. The molecule has 29 heavy (non-hydrogen) atoms. The van der Waals surface area contributed by atoms with Crippen molar-refractivity contribution >= 4 is 21.9 Å². The van der Waals surface area contributed by atoms with Crippen molar-refractivity contribution in [3.05, 3.63) is 41.6 Å². The van der Waals surface area contributed by atoms with Gasteiger partial charge in [0.25, 0.3) is 10.0 Å². The molecule has 0 saturated heterocycles. The van der Waals surface area contributed by atoms with E-state index < -0.39 is 26.9 Å². The van der Waals surface area contributed by atoms with Gasteiger partial charge < -0.3 is 18.9 Å². The smallest absolute Gasteiger partial charge is 0.338 e. The standard InChI is InChI=1S/C18H20N2O8S/c1-25-13-7-11(8-14(26-2)17(13)27-3)9-15(21)20-29(23,24)16-10-12(5-6-19-16)18(22)28-4/h5-8,10H,9H2,1-4H3,(H,20,21). The predicted octanol–water partition coefficient (Wildman–Crippen LogP) is 0.942. The summed E-state index contributed by atoms with van der Waals surface area (Å²) in [5.74, 6) is -0.553. The van der Waals surface area contributed by atoms with E-state index in [1.807, 2.05) is 4.72 Å². The van der Waals surface area contributed by atoms with Crippen molar-refractivity contribution in [1.82, 2.24) is 9.71 Å². The van der Waals surface area contributed by atoms with Gasteiger partial charge in [-0.1, -0.05) is 0 Å². The molecule has 10 nitrogen and oxygen atoms in total. The number of hydrogen-bond acceptors (Lipinski definition) is 9. The van der Waals surface area contributed by atoms with E-state index in [4.69, 9.17) is 14.2 Å². The van der Waals surface area contributed by atoms with E-state index in [2.05, 4.69) is 9.72 Å². The molecule has 11 heteroatoms. The lowest BCUT2D eigenvalue weighted by Crippen LogP contribution is -2.32. The molecule has 0 atom stereocenters. The van der Waals surface area contributed by atoms with Gasteiger partial charge in [-0.25, -0.2) is 14.5 Å². The van der Waals surface area contributed by atoms with Crippen LogP contribution in [-0.4, -0.2) is 53.7 Å². The van der Waals surface area contributed by atoms with Crippen LogP contribution in [0.15, 0.2) is 35.5 Å². The molecular weight excluding hydrogens is 404 g/mol. The van der Waals surface area contributed by atoms with E-state index in [9.17, 15) is 18.0 Å². The molecule has 2 rings (SSSR count). The van der Waals surface area contributed by atoms with Crippen LogP contribution in [0.25, 0.3) is 0 Å². The first-order valence-electron chi connectivity index (χ1n) is 8.14. The zero-order valence-corrected chi connectivity index (χ0v) is 17.0. The summed E-state index contributed by atoms with van der Waals surface area (Å²) in [5.41, 5.74) is 0.420. The number of pyridine rings is 1. The van der Waals surface area contributed by atoms with Gasteiger partial charge in [0.1, 0.15) is 0 Å². The van der Waals surface area contributed by atoms with Gasteiger partial charge >= 0.3 is 5.97 Å². The van der Waals surface area contributed by atoms with Gasteiger partial charge in [0.2, 0.25) is 11.7 Å². The highest BCUT2D eigenvalue weighted by molar-refractivity contribution is 7.90. The van der Waals surface area contributed by atoms with Gasteiger partial charge in [-0.15, -0.1) is 0 Å². The summed E-state index contributed by atoms with van der Waals surface area (Å²) in [6, 6.07) is 5.37. The SMILES string of the molecule is COC(=O)c1ccnc(S(=O)(=O)NC(=O)Cc2cc(OC)c(OC)c(OC)c2)c1. The predicted molar refractivity (Wildman–Crippen MR) is 101 cm³/mol. The van der Waals surface area contributed by atoms with Crippen molar-refractivity contribution in [3.8, 4) is 17.2 Å². The van der Waals surface area contributed by atoms with Gasteiger partial charge in [-0.3, -0.25) is 4.79 Å². The van der Waals surface area contributed by atoms with Crippen molar-refractivity contribution in [2.75, 3.05) is 28.4 Å². The topological polar surface area (TPSA) is 130 Å². The van der Waals surface area contributed by atoms with Crippen molar-refractivity contribution < 1.29 is 37.0 Å². The number of esters is 1. The number of ether oxygens (including phenoxy) is 4. The first-order chi connectivity index (χ1) is 13.7. The quantitative estimate of drug-likeness (QED) is 0.615. The normalized spacial score (nSPS) is 10.8. The van der Waals surface area contributed by atoms with Crippen LogP contribution in [-0.2, 0) is 26.0 Å². The largest absolute Gasteiger partial charge is 0.493 e. The number of rotatable bonds is 8. The molecule has 0 aliphatic rings. The minimum atomic E-state index is -4.29. The molecule has 0 fully saturated rings. The highest BCUT2D eigenvalue weighted by atomic mass is 32.2. The second kappa shape index (κ2) is 9.24. The molecule has 1 aromatic carbocycles. The number of nitrogens with zero attached hydrogens (tertiary/aromatic N) is 1. The molecule has 0 bridgehead atoms. The molecule has 1 N–H and O–H groups in total. The third-order valence-electron chi connectivity index (χ3n) is 3.77. The summed E-state index contributed by atoms with van der Waals surface area (Å²) < 4.78 is 46.9. The minimum absolute atomic E-state index is 0.0139. The van der Waals surface area contributed by atoms with E-state index >= 15 is 0 Å². The number of methoxy groups -OCH3 is 4. The summed E-state index contributed by atoms with van der Waals surface area (Å²) >= 11 is 0. The van der Waals surface area contributed by atoms with Crippen LogP contribution in [0, 0.1) is 0 Å². The van der Waals surface area contributed by atoms with E-state index in [1.165, 1.54) is 39.5 Å². The summed E-state index contributed by atoms with van der Waals surface area (Å²) in [6.07, 6.45) is 0.844. The molecule has 1 aromatic heterocycles. The maximum absolute atomic E-state index is 12.4. The first kappa shape index (κ1) is 22.0. The minimum Gasteiger partial charge on any atom is -0.493 e. The molecule has 0 radical (unpaired) electrons. The maximum atomic E-state index is 12.4. The Morgan fingerprint density at radius 2 is 1.62 bits per heavy atom. The van der Waals surface area contributed by atoms with Gasteiger partial charge in [0, 0.05) is 6.20 Å². The Kier molecular flexibility index (Phi) is 6.99. The van der Waals surface area contributed by atoms with Gasteiger partial charge in [0.05, 0.1) is 40.4 Å². The Labute approximate surface area is 167 Å². The fourth-order valence-corrected chi connectivity index (χ4v) is 3.42. The summed E-state index contributed by atoms with van der Waals surface area (Å²) in [7, 11) is 1.15. The Balaban J connectivity index is 2.23. The fourth-order valence-electron chi connectivity index (χ4n) is 2.46. The number of carbonyl (C=O) groups excluding carboxylic acids is 2. The van der Waals surface area contributed by atoms with Crippen molar-refractivity contribution in [2.45, 2.75) is 11.4 Å². The first-order valence-corrected chi connectivity index (χ1v) is 9.63. The lowest BCUT2D eigenvalue weighted by atomic mass is 10.1. The number of aromatic nitrogens is 1. The Morgan fingerprint density at radius 1 is 1.00 bits per heavy atom. The Hall–Kier alpha value is -3.34. The second-order valence-corrected chi connectivity index (χ2v) is 7.24. The highest BCUT2D eigenvalue weighted by Crippen LogP contribution is 2.38. The zero-order valence-electron chi connectivity index (χ0n) is 16.2. The number of nitrogens with one attached hydrogen (secondary N) is 1. The number of benzene rings is 1. The van der Waals surface area contributed by atoms with Gasteiger partial charge in [-0.05, 0) is 29.8 Å². The maximum Gasteiger partial charge on any atom is 0.338 e. The molecule has 1 heterocycles. The molecule has 0 spiro atoms. The monoisotopic (exact) mass is 424 g/mol. The number of carbonyl (C=O) groups is 2. The third kappa shape index (κ3) is 5.13. The van der Waals surface area contributed by atoms with Crippen LogP contribution >= 0.6 is 0 Å². The summed E-state index contributed by atoms with van der Waals surface area (Å²) in [4.78, 5) is 27.6. The summed E-state index contributed by atoms with van der Waals surface area (Å²) in [5, 5.41) is -0.487. The highest BCUT2D eigenvalue weighted by Gasteiger charge is 2.22. The van der Waals surface area contributed by atoms with Crippen molar-refractivity contribution in [2.24, 2.45) is 0 Å². The molecule has 1 amide bonds. The van der Waals surface area contributed by atoms with Crippen LogP contribution in [0.1, 0.15) is 15.9 Å². The number of sulfonamides is 1. The van der Waals surface area contributed by atoms with Crippen LogP contribution in [0.4, 0.5) is 0 Å². The van der Waals surface area contributed by atoms with Crippen LogP contribution in [0.5, 0.6) is 17.2 Å². The molecule has 0 unspecified atom stereocenters. The lowest BCUT2D eigenvalue weighted by molar-refractivity contribution is -0.118. The number of amides is 1. The number of hydrogen-bond donors (Lipinski definition) is 1. The van der Waals surface area contributed by atoms with Gasteiger partial charge in [0.15, 0.2) is 16.5 Å². The van der Waals surface area contributed by atoms with Crippen LogP contribution < -0.4 is 18.9 Å². The Morgan fingerprint density at radius 3 is 2.14 bits per heavy atom. The third-order valence-corrected chi connectivity index (χ3v) is 5.04. The lowest BCUT2D eigenvalue weighted by Gasteiger charge is -2.14. The van der Waals surface area contributed by atoms with Crippen molar-refractivity contribution in [1.29, 1.82) is 0 Å². The van der Waals surface area contributed by atoms with Crippen LogP contribution in [0.2, 0.25) is 0 Å². The zero-order chi connectivity index (χ0) is 21.6. The summed E-state index contributed by atoms with van der Waals surface area (Å²) in [6.45, 7) is 0. The van der Waals surface area contributed by atoms with Crippen LogP contribution in [0.3, 0.4) is 0 Å². The molecular formula is C18H20N2O8S. The molecule has 0 aliphatic heterocycles. The van der Waals surface area contributed by atoms with E-state index in [0.29, 0.717) is 22.8 Å². The molecule has 0 aliphatic carbocycles. The van der Waals surface area contributed by atoms with Crippen molar-refractivity contribution in [3.63, 3.8) is 0 Å². The fraction of sp³-hybridized carbons (Fsp3) is 0.278. The van der Waals surface area contributed by atoms with E-state index in [1.54, 1.807) is 0 Å². The average molecular weight is 424 g/mol. The molecule has 0 saturated carbocycles. The second-order valence-electron chi connectivity index (χ2n) is 5.61. The van der Waals surface area contributed by atoms with E-state index in [-0.39, 0.29) is 12.0 Å². The van der Waals surface area contributed by atoms with Gasteiger partial charge in [-0.2, -0.15) is 8.42 Å². The van der Waals surface area contributed by atoms with E-state index in [0.717, 1.165) is 19.4 Å². The average Bonchev–Trinajstić information content (AvgIpc) is 2.71.